The van der Waals surface area contributed by atoms with Crippen LogP contribution in [0, 0.1) is 5.92 Å². The van der Waals surface area contributed by atoms with E-state index >= 15 is 0 Å². The number of fused-ring (bicyclic) bond motifs is 1. The van der Waals surface area contributed by atoms with E-state index in [0.29, 0.717) is 6.79 Å². The van der Waals surface area contributed by atoms with Crippen LogP contribution in [0.5, 0.6) is 11.5 Å². The lowest BCUT2D eigenvalue weighted by Gasteiger charge is -2.12. The second-order valence-corrected chi connectivity index (χ2v) is 5.27. The molecule has 5 heteroatoms. The molecule has 1 aromatic rings. The van der Waals surface area contributed by atoms with Crippen LogP contribution in [-0.4, -0.2) is 26.3 Å². The Bertz CT molecular complexity index is 498. The lowest BCUT2D eigenvalue weighted by Crippen LogP contribution is -2.37. The highest BCUT2D eigenvalue weighted by atomic mass is 16.7. The zero-order valence-electron chi connectivity index (χ0n) is 11.8. The molecule has 0 unspecified atom stereocenters. The molecule has 1 heterocycles. The molecule has 1 aromatic carbocycles. The molecule has 5 nitrogen and oxygen atoms in total. The van der Waals surface area contributed by atoms with Crippen molar-refractivity contribution in [3.63, 3.8) is 0 Å². The van der Waals surface area contributed by atoms with Gasteiger partial charge in [0.25, 0.3) is 0 Å². The van der Waals surface area contributed by atoms with E-state index in [4.69, 9.17) is 9.47 Å². The van der Waals surface area contributed by atoms with Gasteiger partial charge in [0.15, 0.2) is 17.5 Å². The van der Waals surface area contributed by atoms with Crippen LogP contribution in [0.1, 0.15) is 24.8 Å². The number of aliphatic imine (C=N–C) groups is 1. The molecule has 20 heavy (non-hydrogen) atoms. The van der Waals surface area contributed by atoms with Gasteiger partial charge in [-0.1, -0.05) is 18.9 Å². The van der Waals surface area contributed by atoms with Crippen LogP contribution in [0.2, 0.25) is 0 Å². The summed E-state index contributed by atoms with van der Waals surface area (Å²) in [6.07, 6.45) is 4.03. The molecular formula is C15H21N3O2. The van der Waals surface area contributed by atoms with Crippen LogP contribution < -0.4 is 20.1 Å². The number of hydrogen-bond acceptors (Lipinski definition) is 3. The van der Waals surface area contributed by atoms with Crippen LogP contribution in [0.4, 0.5) is 0 Å². The van der Waals surface area contributed by atoms with E-state index in [-0.39, 0.29) is 0 Å². The van der Waals surface area contributed by atoms with E-state index in [1.54, 1.807) is 7.05 Å². The molecular weight excluding hydrogens is 254 g/mol. The van der Waals surface area contributed by atoms with Crippen molar-refractivity contribution in [3.05, 3.63) is 23.8 Å². The molecule has 1 fully saturated rings. The highest BCUT2D eigenvalue weighted by Crippen LogP contribution is 2.32. The summed E-state index contributed by atoms with van der Waals surface area (Å²) in [7, 11) is 1.80. The molecule has 0 spiro atoms. The lowest BCUT2D eigenvalue weighted by atomic mass is 10.2. The first-order chi connectivity index (χ1) is 9.85. The van der Waals surface area contributed by atoms with E-state index in [0.717, 1.165) is 42.0 Å². The van der Waals surface area contributed by atoms with Crippen LogP contribution in [0.25, 0.3) is 0 Å². The first kappa shape index (κ1) is 13.1. The Balaban J connectivity index is 1.46. The van der Waals surface area contributed by atoms with Gasteiger partial charge in [0.1, 0.15) is 0 Å². The molecule has 1 aliphatic carbocycles. The van der Waals surface area contributed by atoms with Gasteiger partial charge in [0, 0.05) is 20.1 Å². The quantitative estimate of drug-likeness (QED) is 0.636. The molecule has 0 saturated heterocycles. The maximum atomic E-state index is 5.37. The minimum atomic E-state index is 0.316. The van der Waals surface area contributed by atoms with Crippen LogP contribution in [0.15, 0.2) is 23.2 Å². The third-order valence-electron chi connectivity index (χ3n) is 3.66. The molecule has 0 atom stereocenters. The second-order valence-electron chi connectivity index (χ2n) is 5.27. The number of nitrogens with one attached hydrogen (secondary N) is 2. The summed E-state index contributed by atoms with van der Waals surface area (Å²) >= 11 is 0. The van der Waals surface area contributed by atoms with E-state index in [1.165, 1.54) is 19.3 Å². The molecule has 0 bridgehead atoms. The first-order valence-corrected chi connectivity index (χ1v) is 7.18. The standard InChI is InChI=1S/C15H21N3O2/c1-16-15(17-7-6-11-2-3-11)18-9-12-4-5-13-14(8-12)20-10-19-13/h4-5,8,11H,2-3,6-7,9-10H2,1H3,(H2,16,17,18). The fourth-order valence-corrected chi connectivity index (χ4v) is 2.26. The maximum Gasteiger partial charge on any atom is 0.231 e. The summed E-state index contributed by atoms with van der Waals surface area (Å²) in [5.74, 6) is 3.43. The third kappa shape index (κ3) is 3.35. The summed E-state index contributed by atoms with van der Waals surface area (Å²) in [4.78, 5) is 4.23. The Morgan fingerprint density at radius 1 is 1.25 bits per heavy atom. The minimum Gasteiger partial charge on any atom is -0.454 e. The van der Waals surface area contributed by atoms with Crippen LogP contribution >= 0.6 is 0 Å². The van der Waals surface area contributed by atoms with Crippen molar-refractivity contribution in [2.24, 2.45) is 10.9 Å². The molecule has 3 rings (SSSR count). The van der Waals surface area contributed by atoms with E-state index < -0.39 is 0 Å². The molecule has 1 aliphatic heterocycles. The smallest absolute Gasteiger partial charge is 0.231 e. The van der Waals surface area contributed by atoms with Crippen molar-refractivity contribution in [1.29, 1.82) is 0 Å². The Labute approximate surface area is 119 Å². The molecule has 0 radical (unpaired) electrons. The topological polar surface area (TPSA) is 54.9 Å². The van der Waals surface area contributed by atoms with Gasteiger partial charge in [-0.05, 0) is 30.0 Å². The summed E-state index contributed by atoms with van der Waals surface area (Å²) in [5, 5.41) is 6.66. The van der Waals surface area contributed by atoms with Gasteiger partial charge in [-0.3, -0.25) is 4.99 Å². The van der Waals surface area contributed by atoms with E-state index in [9.17, 15) is 0 Å². The van der Waals surface area contributed by atoms with E-state index in [1.807, 2.05) is 18.2 Å². The monoisotopic (exact) mass is 275 g/mol. The molecule has 0 amide bonds. The van der Waals surface area contributed by atoms with Gasteiger partial charge in [-0.25, -0.2) is 0 Å². The number of hydrogen-bond donors (Lipinski definition) is 2. The number of nitrogens with zero attached hydrogens (tertiary/aromatic N) is 1. The molecule has 2 N–H and O–H groups in total. The van der Waals surface area contributed by atoms with Gasteiger partial charge >= 0.3 is 0 Å². The van der Waals surface area contributed by atoms with Gasteiger partial charge < -0.3 is 20.1 Å². The average Bonchev–Trinajstić information content (AvgIpc) is 3.17. The number of guanidine groups is 1. The van der Waals surface area contributed by atoms with Gasteiger partial charge in [-0.2, -0.15) is 0 Å². The van der Waals surface area contributed by atoms with Gasteiger partial charge in [0.05, 0.1) is 0 Å². The largest absolute Gasteiger partial charge is 0.454 e. The van der Waals surface area contributed by atoms with Crippen molar-refractivity contribution in [2.75, 3.05) is 20.4 Å². The van der Waals surface area contributed by atoms with Gasteiger partial charge in [-0.15, -0.1) is 0 Å². The summed E-state index contributed by atoms with van der Waals surface area (Å²) in [5.41, 5.74) is 1.15. The summed E-state index contributed by atoms with van der Waals surface area (Å²) < 4.78 is 10.7. The first-order valence-electron chi connectivity index (χ1n) is 7.18. The SMILES string of the molecule is CN=C(NCCC1CC1)NCc1ccc2c(c1)OCO2. The van der Waals surface area contributed by atoms with Crippen molar-refractivity contribution in [1.82, 2.24) is 10.6 Å². The predicted molar refractivity (Wildman–Crippen MR) is 78.1 cm³/mol. The second kappa shape index (κ2) is 6.03. The van der Waals surface area contributed by atoms with Crippen molar-refractivity contribution in [3.8, 4) is 11.5 Å². The number of rotatable bonds is 5. The van der Waals surface area contributed by atoms with E-state index in [2.05, 4.69) is 15.6 Å². The van der Waals surface area contributed by atoms with Crippen molar-refractivity contribution < 1.29 is 9.47 Å². The fraction of sp³-hybridized carbons (Fsp3) is 0.533. The predicted octanol–water partition coefficient (Wildman–Crippen LogP) is 1.88. The Hall–Kier alpha value is -1.91. The Morgan fingerprint density at radius 2 is 2.10 bits per heavy atom. The molecule has 0 aromatic heterocycles. The molecule has 2 aliphatic rings. The summed E-state index contributed by atoms with van der Waals surface area (Å²) in [6.45, 7) is 2.03. The average molecular weight is 275 g/mol. The molecule has 1 saturated carbocycles. The molecule has 108 valence electrons. The third-order valence-corrected chi connectivity index (χ3v) is 3.66. The number of benzene rings is 1. The lowest BCUT2D eigenvalue weighted by molar-refractivity contribution is 0.174. The van der Waals surface area contributed by atoms with Crippen molar-refractivity contribution >= 4 is 5.96 Å². The highest BCUT2D eigenvalue weighted by molar-refractivity contribution is 5.79. The highest BCUT2D eigenvalue weighted by Gasteiger charge is 2.20. The summed E-state index contributed by atoms with van der Waals surface area (Å²) in [6, 6.07) is 5.99. The van der Waals surface area contributed by atoms with Crippen LogP contribution in [-0.2, 0) is 6.54 Å². The van der Waals surface area contributed by atoms with Crippen LogP contribution in [0.3, 0.4) is 0 Å². The van der Waals surface area contributed by atoms with Gasteiger partial charge in [0.2, 0.25) is 6.79 Å². The number of ether oxygens (including phenoxy) is 2. The maximum absolute atomic E-state index is 5.37. The Kier molecular flexibility index (Phi) is 3.95. The minimum absolute atomic E-state index is 0.316. The zero-order chi connectivity index (χ0) is 13.8. The Morgan fingerprint density at radius 3 is 2.90 bits per heavy atom. The van der Waals surface area contributed by atoms with Crippen molar-refractivity contribution in [2.45, 2.75) is 25.8 Å². The zero-order valence-corrected chi connectivity index (χ0v) is 11.8. The normalized spacial score (nSPS) is 17.1. The fourth-order valence-electron chi connectivity index (χ4n) is 2.26.